The van der Waals surface area contributed by atoms with Gasteiger partial charge in [0.25, 0.3) is 0 Å². The standard InChI is InChI=1S/C13H19N3OS/c1-3-9-5-6-11(10(4-2)7-9)8-12(17)16(15)13(14)18/h5-7H,3-4,8,15H2,1-2H3,(H2,14,18). The molecule has 0 bridgehead atoms. The van der Waals surface area contributed by atoms with Gasteiger partial charge in [-0.2, -0.15) is 0 Å². The average Bonchev–Trinajstić information content (AvgIpc) is 2.37. The lowest BCUT2D eigenvalue weighted by Crippen LogP contribution is -2.46. The fourth-order valence-electron chi connectivity index (χ4n) is 1.77. The van der Waals surface area contributed by atoms with Crippen LogP contribution in [0.25, 0.3) is 0 Å². The third kappa shape index (κ3) is 3.51. The molecule has 18 heavy (non-hydrogen) atoms. The summed E-state index contributed by atoms with van der Waals surface area (Å²) >= 11 is 4.67. The van der Waals surface area contributed by atoms with Crippen LogP contribution in [-0.2, 0) is 24.1 Å². The van der Waals surface area contributed by atoms with Crippen LogP contribution in [0.15, 0.2) is 18.2 Å². The summed E-state index contributed by atoms with van der Waals surface area (Å²) in [7, 11) is 0. The van der Waals surface area contributed by atoms with Gasteiger partial charge in [0.2, 0.25) is 5.91 Å². The van der Waals surface area contributed by atoms with Crippen LogP contribution < -0.4 is 11.6 Å². The van der Waals surface area contributed by atoms with E-state index >= 15 is 0 Å². The number of carbonyl (C=O) groups is 1. The Morgan fingerprint density at radius 3 is 2.44 bits per heavy atom. The fourth-order valence-corrected chi connectivity index (χ4v) is 1.87. The Morgan fingerprint density at radius 2 is 1.94 bits per heavy atom. The molecule has 1 aromatic carbocycles. The number of hydrogen-bond acceptors (Lipinski definition) is 3. The van der Waals surface area contributed by atoms with E-state index in [-0.39, 0.29) is 17.4 Å². The van der Waals surface area contributed by atoms with Gasteiger partial charge in [-0.1, -0.05) is 32.0 Å². The zero-order chi connectivity index (χ0) is 13.7. The average molecular weight is 265 g/mol. The molecule has 0 saturated carbocycles. The first-order valence-corrected chi connectivity index (χ1v) is 6.38. The number of benzene rings is 1. The molecule has 4 N–H and O–H groups in total. The Bertz CT molecular complexity index is 460. The predicted molar refractivity (Wildman–Crippen MR) is 76.7 cm³/mol. The molecule has 0 aliphatic carbocycles. The highest BCUT2D eigenvalue weighted by Gasteiger charge is 2.14. The van der Waals surface area contributed by atoms with Gasteiger partial charge in [0, 0.05) is 0 Å². The second-order valence-electron chi connectivity index (χ2n) is 4.09. The van der Waals surface area contributed by atoms with E-state index in [0.29, 0.717) is 0 Å². The highest BCUT2D eigenvalue weighted by Crippen LogP contribution is 2.15. The van der Waals surface area contributed by atoms with Crippen molar-refractivity contribution in [2.45, 2.75) is 33.1 Å². The summed E-state index contributed by atoms with van der Waals surface area (Å²) in [5.41, 5.74) is 8.73. The first-order chi connectivity index (χ1) is 8.49. The lowest BCUT2D eigenvalue weighted by Gasteiger charge is -2.15. The summed E-state index contributed by atoms with van der Waals surface area (Å²) in [4.78, 5) is 11.8. The maximum absolute atomic E-state index is 11.8. The highest BCUT2D eigenvalue weighted by atomic mass is 32.1. The summed E-state index contributed by atoms with van der Waals surface area (Å²) in [6.45, 7) is 4.17. The fraction of sp³-hybridized carbons (Fsp3) is 0.385. The van der Waals surface area contributed by atoms with Gasteiger partial charge >= 0.3 is 0 Å². The number of nitrogens with two attached hydrogens (primary N) is 2. The minimum absolute atomic E-state index is 0.108. The normalized spacial score (nSPS) is 10.2. The largest absolute Gasteiger partial charge is 0.375 e. The molecule has 0 heterocycles. The molecule has 0 radical (unpaired) electrons. The quantitative estimate of drug-likeness (QED) is 0.372. The summed E-state index contributed by atoms with van der Waals surface area (Å²) in [5, 5.41) is 0.714. The molecule has 0 aromatic heterocycles. The van der Waals surface area contributed by atoms with Crippen molar-refractivity contribution in [3.8, 4) is 0 Å². The van der Waals surface area contributed by atoms with Crippen molar-refractivity contribution in [2.24, 2.45) is 11.6 Å². The summed E-state index contributed by atoms with van der Waals surface area (Å²) < 4.78 is 0. The molecule has 1 rings (SSSR count). The molecule has 0 spiro atoms. The van der Waals surface area contributed by atoms with E-state index in [1.165, 1.54) is 11.1 Å². The van der Waals surface area contributed by atoms with Crippen molar-refractivity contribution >= 4 is 23.2 Å². The Hall–Kier alpha value is -1.46. The minimum atomic E-state index is -0.290. The summed E-state index contributed by atoms with van der Waals surface area (Å²) in [6, 6.07) is 6.14. The van der Waals surface area contributed by atoms with Crippen LogP contribution in [-0.4, -0.2) is 16.0 Å². The van der Waals surface area contributed by atoms with E-state index in [2.05, 4.69) is 32.1 Å². The third-order valence-electron chi connectivity index (χ3n) is 2.91. The first kappa shape index (κ1) is 14.6. The van der Waals surface area contributed by atoms with Crippen LogP contribution in [0.2, 0.25) is 0 Å². The molecule has 1 amide bonds. The van der Waals surface area contributed by atoms with Gasteiger partial charge in [-0.3, -0.25) is 4.79 Å². The van der Waals surface area contributed by atoms with Crippen molar-refractivity contribution in [1.29, 1.82) is 0 Å². The second-order valence-corrected chi connectivity index (χ2v) is 4.51. The van der Waals surface area contributed by atoms with Gasteiger partial charge in [0.1, 0.15) is 0 Å². The maximum atomic E-state index is 11.8. The Labute approximate surface area is 113 Å². The van der Waals surface area contributed by atoms with Gasteiger partial charge in [-0.25, -0.2) is 10.9 Å². The first-order valence-electron chi connectivity index (χ1n) is 5.97. The third-order valence-corrected chi connectivity index (χ3v) is 3.10. The Morgan fingerprint density at radius 1 is 1.28 bits per heavy atom. The molecule has 0 atom stereocenters. The molecular formula is C13H19N3OS. The number of rotatable bonds is 4. The van der Waals surface area contributed by atoms with Crippen molar-refractivity contribution < 1.29 is 4.79 Å². The number of hydrogen-bond donors (Lipinski definition) is 2. The van der Waals surface area contributed by atoms with Crippen molar-refractivity contribution in [3.05, 3.63) is 34.9 Å². The van der Waals surface area contributed by atoms with Crippen LogP contribution in [0.5, 0.6) is 0 Å². The summed E-state index contributed by atoms with van der Waals surface area (Å²) in [5.74, 6) is 5.18. The van der Waals surface area contributed by atoms with Crippen molar-refractivity contribution in [2.75, 3.05) is 0 Å². The number of amides is 1. The lowest BCUT2D eigenvalue weighted by atomic mass is 9.98. The SMILES string of the molecule is CCc1ccc(CC(=O)N(N)C(N)=S)c(CC)c1. The monoisotopic (exact) mass is 265 g/mol. The van der Waals surface area contributed by atoms with Crippen molar-refractivity contribution in [3.63, 3.8) is 0 Å². The Balaban J connectivity index is 2.90. The predicted octanol–water partition coefficient (Wildman–Crippen LogP) is 1.30. The van der Waals surface area contributed by atoms with Gasteiger partial charge in [0.15, 0.2) is 5.11 Å². The van der Waals surface area contributed by atoms with Crippen LogP contribution >= 0.6 is 12.2 Å². The topological polar surface area (TPSA) is 72.3 Å². The number of thiocarbonyl (C=S) groups is 1. The van der Waals surface area contributed by atoms with Crippen LogP contribution in [0.4, 0.5) is 0 Å². The molecule has 5 heteroatoms. The van der Waals surface area contributed by atoms with E-state index in [1.54, 1.807) is 0 Å². The number of carbonyl (C=O) groups excluding carboxylic acids is 1. The smallest absolute Gasteiger partial charge is 0.247 e. The van der Waals surface area contributed by atoms with Gasteiger partial charge in [0.05, 0.1) is 6.42 Å². The molecule has 0 unspecified atom stereocenters. The van der Waals surface area contributed by atoms with E-state index in [4.69, 9.17) is 11.6 Å². The van der Waals surface area contributed by atoms with E-state index in [9.17, 15) is 4.79 Å². The summed E-state index contributed by atoms with van der Waals surface area (Å²) in [6.07, 6.45) is 2.09. The molecule has 0 aliphatic rings. The van der Waals surface area contributed by atoms with Gasteiger partial charge < -0.3 is 5.73 Å². The van der Waals surface area contributed by atoms with Crippen LogP contribution in [0.3, 0.4) is 0 Å². The molecule has 0 saturated heterocycles. The molecule has 1 aromatic rings. The van der Waals surface area contributed by atoms with E-state index in [0.717, 1.165) is 23.4 Å². The highest BCUT2D eigenvalue weighted by molar-refractivity contribution is 7.80. The number of aryl methyl sites for hydroxylation is 2. The second kappa shape index (κ2) is 6.47. The molecule has 0 aliphatic heterocycles. The zero-order valence-electron chi connectivity index (χ0n) is 10.8. The minimum Gasteiger partial charge on any atom is -0.375 e. The molecule has 0 fully saturated rings. The van der Waals surface area contributed by atoms with Gasteiger partial charge in [-0.15, -0.1) is 0 Å². The van der Waals surface area contributed by atoms with Crippen molar-refractivity contribution in [1.82, 2.24) is 5.01 Å². The van der Waals surface area contributed by atoms with Crippen LogP contribution in [0.1, 0.15) is 30.5 Å². The Kier molecular flexibility index (Phi) is 5.25. The van der Waals surface area contributed by atoms with E-state index in [1.807, 2.05) is 12.1 Å². The lowest BCUT2D eigenvalue weighted by molar-refractivity contribution is -0.126. The molecule has 98 valence electrons. The zero-order valence-corrected chi connectivity index (χ0v) is 11.6. The molecular weight excluding hydrogens is 246 g/mol. The molecule has 4 nitrogen and oxygen atoms in total. The number of hydrazine groups is 1. The van der Waals surface area contributed by atoms with Gasteiger partial charge in [-0.05, 0) is 41.7 Å². The van der Waals surface area contributed by atoms with E-state index < -0.39 is 0 Å². The maximum Gasteiger partial charge on any atom is 0.247 e. The number of nitrogens with zero attached hydrogens (tertiary/aromatic N) is 1. The van der Waals surface area contributed by atoms with Crippen LogP contribution in [0, 0.1) is 0 Å².